The summed E-state index contributed by atoms with van der Waals surface area (Å²) in [7, 11) is 0. The van der Waals surface area contributed by atoms with Crippen LogP contribution in [0.2, 0.25) is 0 Å². The summed E-state index contributed by atoms with van der Waals surface area (Å²) in [6, 6.07) is 19.9. The second-order valence-corrected chi connectivity index (χ2v) is 7.28. The summed E-state index contributed by atoms with van der Waals surface area (Å²) in [5.41, 5.74) is 6.45. The average Bonchev–Trinajstić information content (AvgIpc) is 3.25. The van der Waals surface area contributed by atoms with Gasteiger partial charge in [0, 0.05) is 17.7 Å². The molecule has 4 rings (SSSR count). The molecule has 0 aliphatic rings. The van der Waals surface area contributed by atoms with E-state index in [1.165, 1.54) is 12.1 Å². The van der Waals surface area contributed by atoms with Crippen molar-refractivity contribution < 1.29 is 9.18 Å². The molecule has 150 valence electrons. The molecule has 0 saturated carbocycles. The quantitative estimate of drug-likeness (QED) is 0.470. The maximum atomic E-state index is 13.1. The molecule has 0 radical (unpaired) electrons. The SMILES string of the molecule is Cc1cccc(C(=O)NCc2ccc(-c3ncc(-c4ccc(F)cc4)[nH]3)cc2)c1C. The van der Waals surface area contributed by atoms with Gasteiger partial charge in [0.15, 0.2) is 0 Å². The van der Waals surface area contributed by atoms with E-state index in [4.69, 9.17) is 0 Å². The van der Waals surface area contributed by atoms with Crippen molar-refractivity contribution in [2.45, 2.75) is 20.4 Å². The lowest BCUT2D eigenvalue weighted by Gasteiger charge is -2.10. The van der Waals surface area contributed by atoms with Gasteiger partial charge in [0.2, 0.25) is 0 Å². The van der Waals surface area contributed by atoms with E-state index < -0.39 is 0 Å². The van der Waals surface area contributed by atoms with Crippen LogP contribution in [0.5, 0.6) is 0 Å². The molecule has 0 atom stereocenters. The Labute approximate surface area is 174 Å². The molecular formula is C25H22FN3O. The number of rotatable bonds is 5. The topological polar surface area (TPSA) is 57.8 Å². The predicted octanol–water partition coefficient (Wildman–Crippen LogP) is 5.43. The molecule has 0 bridgehead atoms. The minimum Gasteiger partial charge on any atom is -0.348 e. The first kappa shape index (κ1) is 19.6. The first-order valence-corrected chi connectivity index (χ1v) is 9.76. The standard InChI is InChI=1S/C25H22FN3O/c1-16-4-3-5-22(17(16)2)25(30)28-14-18-6-8-20(9-7-18)24-27-15-23(29-24)19-10-12-21(26)13-11-19/h3-13,15H,14H2,1-2H3,(H,27,29)(H,28,30). The third kappa shape index (κ3) is 4.15. The van der Waals surface area contributed by atoms with Crippen molar-refractivity contribution in [2.75, 3.05) is 0 Å². The Morgan fingerprint density at radius 1 is 0.967 bits per heavy atom. The lowest BCUT2D eigenvalue weighted by atomic mass is 10.0. The van der Waals surface area contributed by atoms with E-state index in [1.807, 2.05) is 56.3 Å². The van der Waals surface area contributed by atoms with E-state index in [0.717, 1.165) is 39.3 Å². The van der Waals surface area contributed by atoms with Gasteiger partial charge in [-0.2, -0.15) is 0 Å². The minimum atomic E-state index is -0.265. The molecule has 4 nitrogen and oxygen atoms in total. The number of aryl methyl sites for hydroxylation is 1. The molecule has 1 amide bonds. The lowest BCUT2D eigenvalue weighted by molar-refractivity contribution is 0.0950. The summed E-state index contributed by atoms with van der Waals surface area (Å²) in [4.78, 5) is 20.2. The zero-order valence-corrected chi connectivity index (χ0v) is 16.9. The van der Waals surface area contributed by atoms with E-state index in [2.05, 4.69) is 15.3 Å². The first-order chi connectivity index (χ1) is 14.5. The maximum absolute atomic E-state index is 13.1. The highest BCUT2D eigenvalue weighted by molar-refractivity contribution is 5.95. The molecule has 1 aromatic heterocycles. The van der Waals surface area contributed by atoms with E-state index in [1.54, 1.807) is 18.3 Å². The molecule has 0 aliphatic heterocycles. The fraction of sp³-hybridized carbons (Fsp3) is 0.120. The number of aromatic nitrogens is 2. The number of aromatic amines is 1. The summed E-state index contributed by atoms with van der Waals surface area (Å²) >= 11 is 0. The molecule has 0 fully saturated rings. The molecule has 0 saturated heterocycles. The zero-order valence-electron chi connectivity index (χ0n) is 16.9. The Balaban J connectivity index is 1.43. The van der Waals surface area contributed by atoms with Gasteiger partial charge in [-0.25, -0.2) is 9.37 Å². The van der Waals surface area contributed by atoms with Crippen molar-refractivity contribution in [2.24, 2.45) is 0 Å². The zero-order chi connectivity index (χ0) is 21.1. The average molecular weight is 399 g/mol. The van der Waals surface area contributed by atoms with Crippen LogP contribution < -0.4 is 5.32 Å². The van der Waals surface area contributed by atoms with E-state index in [-0.39, 0.29) is 11.7 Å². The van der Waals surface area contributed by atoms with E-state index in [0.29, 0.717) is 12.1 Å². The van der Waals surface area contributed by atoms with Gasteiger partial charge in [-0.1, -0.05) is 36.4 Å². The van der Waals surface area contributed by atoms with Crippen molar-refractivity contribution in [3.8, 4) is 22.6 Å². The number of hydrogen-bond acceptors (Lipinski definition) is 2. The Bertz CT molecular complexity index is 1180. The van der Waals surface area contributed by atoms with Gasteiger partial charge < -0.3 is 10.3 Å². The highest BCUT2D eigenvalue weighted by Crippen LogP contribution is 2.23. The molecule has 4 aromatic rings. The van der Waals surface area contributed by atoms with Crippen LogP contribution in [0.25, 0.3) is 22.6 Å². The van der Waals surface area contributed by atoms with Crippen LogP contribution in [0.1, 0.15) is 27.0 Å². The van der Waals surface area contributed by atoms with E-state index in [9.17, 15) is 9.18 Å². The predicted molar refractivity (Wildman–Crippen MR) is 117 cm³/mol. The van der Waals surface area contributed by atoms with Crippen LogP contribution in [0.4, 0.5) is 4.39 Å². The molecule has 5 heteroatoms. The number of nitrogens with one attached hydrogen (secondary N) is 2. The molecule has 0 unspecified atom stereocenters. The van der Waals surface area contributed by atoms with Gasteiger partial charge in [-0.3, -0.25) is 4.79 Å². The number of amides is 1. The van der Waals surface area contributed by atoms with Crippen LogP contribution in [-0.4, -0.2) is 15.9 Å². The van der Waals surface area contributed by atoms with Crippen LogP contribution >= 0.6 is 0 Å². The monoisotopic (exact) mass is 399 g/mol. The molecule has 0 spiro atoms. The van der Waals surface area contributed by atoms with Crippen LogP contribution in [0.3, 0.4) is 0 Å². The lowest BCUT2D eigenvalue weighted by Crippen LogP contribution is -2.23. The molecular weight excluding hydrogens is 377 g/mol. The van der Waals surface area contributed by atoms with Crippen LogP contribution in [0, 0.1) is 19.7 Å². The van der Waals surface area contributed by atoms with Crippen LogP contribution in [-0.2, 0) is 6.54 Å². The third-order valence-electron chi connectivity index (χ3n) is 5.26. The highest BCUT2D eigenvalue weighted by Gasteiger charge is 2.10. The fourth-order valence-electron chi connectivity index (χ4n) is 3.30. The van der Waals surface area contributed by atoms with Crippen molar-refractivity contribution in [1.82, 2.24) is 15.3 Å². The van der Waals surface area contributed by atoms with Gasteiger partial charge in [0.1, 0.15) is 11.6 Å². The summed E-state index contributed by atoms with van der Waals surface area (Å²) in [5, 5.41) is 2.98. The Kier molecular flexibility index (Phi) is 5.44. The smallest absolute Gasteiger partial charge is 0.251 e. The van der Waals surface area contributed by atoms with Gasteiger partial charge in [0.25, 0.3) is 5.91 Å². The Morgan fingerprint density at radius 3 is 2.40 bits per heavy atom. The number of imidazole rings is 1. The summed E-state index contributed by atoms with van der Waals surface area (Å²) in [5.74, 6) is 0.397. The van der Waals surface area contributed by atoms with Gasteiger partial charge >= 0.3 is 0 Å². The maximum Gasteiger partial charge on any atom is 0.251 e. The summed E-state index contributed by atoms with van der Waals surface area (Å²) < 4.78 is 13.1. The minimum absolute atomic E-state index is 0.0738. The molecule has 0 aliphatic carbocycles. The van der Waals surface area contributed by atoms with Gasteiger partial charge in [-0.15, -0.1) is 0 Å². The molecule has 3 aromatic carbocycles. The number of halogens is 1. The number of carbonyl (C=O) groups excluding carboxylic acids is 1. The highest BCUT2D eigenvalue weighted by atomic mass is 19.1. The largest absolute Gasteiger partial charge is 0.348 e. The van der Waals surface area contributed by atoms with Crippen molar-refractivity contribution >= 4 is 5.91 Å². The third-order valence-corrected chi connectivity index (χ3v) is 5.26. The number of nitrogens with zero attached hydrogens (tertiary/aromatic N) is 1. The van der Waals surface area contributed by atoms with Gasteiger partial charge in [0.05, 0.1) is 11.9 Å². The van der Waals surface area contributed by atoms with Crippen LogP contribution in [0.15, 0.2) is 72.9 Å². The van der Waals surface area contributed by atoms with Crippen molar-refractivity contribution in [3.63, 3.8) is 0 Å². The van der Waals surface area contributed by atoms with Gasteiger partial charge in [-0.05, 0) is 66.4 Å². The number of hydrogen-bond donors (Lipinski definition) is 2. The van der Waals surface area contributed by atoms with Crippen molar-refractivity contribution in [1.29, 1.82) is 0 Å². The summed E-state index contributed by atoms with van der Waals surface area (Å²) in [6.45, 7) is 4.41. The van der Waals surface area contributed by atoms with E-state index >= 15 is 0 Å². The second-order valence-electron chi connectivity index (χ2n) is 7.28. The fourth-order valence-corrected chi connectivity index (χ4v) is 3.30. The second kappa shape index (κ2) is 8.33. The molecule has 1 heterocycles. The molecule has 2 N–H and O–H groups in total. The number of H-pyrrole nitrogens is 1. The Hall–Kier alpha value is -3.73. The van der Waals surface area contributed by atoms with Crippen molar-refractivity contribution in [3.05, 3.63) is 101 Å². The molecule has 30 heavy (non-hydrogen) atoms. The number of carbonyl (C=O) groups is 1. The first-order valence-electron chi connectivity index (χ1n) is 9.76. The summed E-state index contributed by atoms with van der Waals surface area (Å²) in [6.07, 6.45) is 1.74. The normalized spacial score (nSPS) is 10.8. The number of benzene rings is 3. The Morgan fingerprint density at radius 2 is 1.67 bits per heavy atom.